The first-order chi connectivity index (χ1) is 15.5. The van der Waals surface area contributed by atoms with Gasteiger partial charge in [0.15, 0.2) is 0 Å². The molecule has 0 saturated carbocycles. The fourth-order valence-electron chi connectivity index (χ4n) is 3.41. The highest BCUT2D eigenvalue weighted by Gasteiger charge is 2.29. The molecule has 160 valence electrons. The second kappa shape index (κ2) is 9.22. The van der Waals surface area contributed by atoms with Gasteiger partial charge in [0, 0.05) is 24.5 Å². The van der Waals surface area contributed by atoms with Gasteiger partial charge in [-0.2, -0.15) is 0 Å². The Bertz CT molecular complexity index is 1280. The third-order valence-corrected chi connectivity index (χ3v) is 4.93. The van der Waals surface area contributed by atoms with Gasteiger partial charge >= 0.3 is 5.69 Å². The van der Waals surface area contributed by atoms with Gasteiger partial charge < -0.3 is 10.6 Å². The Morgan fingerprint density at radius 2 is 1.56 bits per heavy atom. The first kappa shape index (κ1) is 20.9. The van der Waals surface area contributed by atoms with Gasteiger partial charge in [-0.15, -0.1) is 0 Å². The van der Waals surface area contributed by atoms with Gasteiger partial charge in [-0.05, 0) is 23.3 Å². The van der Waals surface area contributed by atoms with E-state index in [0.717, 1.165) is 23.3 Å². The molecule has 32 heavy (non-hydrogen) atoms. The van der Waals surface area contributed by atoms with E-state index in [9.17, 15) is 19.3 Å². The van der Waals surface area contributed by atoms with Crippen molar-refractivity contribution >= 4 is 28.3 Å². The maximum atomic E-state index is 13.9. The summed E-state index contributed by atoms with van der Waals surface area (Å²) in [6.45, 7) is 0.440. The first-order valence-corrected chi connectivity index (χ1v) is 9.90. The minimum absolute atomic E-state index is 0.0955. The van der Waals surface area contributed by atoms with E-state index < -0.39 is 22.3 Å². The van der Waals surface area contributed by atoms with E-state index in [1.165, 1.54) is 6.07 Å². The predicted octanol–water partition coefficient (Wildman–Crippen LogP) is 4.82. The molecule has 7 nitrogen and oxygen atoms in total. The summed E-state index contributed by atoms with van der Waals surface area (Å²) in [5.41, 5.74) is 1.25. The molecular formula is C24H19FN4O3. The molecule has 0 bridgehead atoms. The average molecular weight is 430 g/mol. The molecule has 1 aromatic heterocycles. The predicted molar refractivity (Wildman–Crippen MR) is 120 cm³/mol. The Kier molecular flexibility index (Phi) is 6.03. The number of nitrogens with zero attached hydrogens (tertiary/aromatic N) is 2. The molecule has 4 rings (SSSR count). The lowest BCUT2D eigenvalue weighted by Crippen LogP contribution is -2.25. The molecule has 2 N–H and O–H groups in total. The molecule has 0 aliphatic heterocycles. The standard InChI is InChI=1S/C24H19FN4O3/c25-18-11-12-19-20(13-18)28-23(26-14-16-7-3-1-4-8-16)22(29(31)32)21(19)24(30)27-15-17-9-5-2-6-10-17/h1-13H,14-15H2,(H,26,28)(H,27,30). The van der Waals surface area contributed by atoms with Crippen LogP contribution in [0, 0.1) is 15.9 Å². The highest BCUT2D eigenvalue weighted by atomic mass is 19.1. The topological polar surface area (TPSA) is 97.2 Å². The van der Waals surface area contributed by atoms with Crippen molar-refractivity contribution in [3.8, 4) is 0 Å². The van der Waals surface area contributed by atoms with Gasteiger partial charge in [0.2, 0.25) is 5.82 Å². The fourth-order valence-corrected chi connectivity index (χ4v) is 3.41. The fraction of sp³-hybridized carbons (Fsp3) is 0.0833. The quantitative estimate of drug-likeness (QED) is 0.324. The number of hydrogen-bond donors (Lipinski definition) is 2. The van der Waals surface area contributed by atoms with Crippen LogP contribution < -0.4 is 10.6 Å². The van der Waals surface area contributed by atoms with E-state index in [0.29, 0.717) is 0 Å². The lowest BCUT2D eigenvalue weighted by atomic mass is 10.0. The molecule has 8 heteroatoms. The van der Waals surface area contributed by atoms with Crippen LogP contribution in [0.4, 0.5) is 15.9 Å². The molecule has 3 aromatic carbocycles. The van der Waals surface area contributed by atoms with E-state index in [1.54, 1.807) is 0 Å². The Labute approximate surface area is 183 Å². The van der Waals surface area contributed by atoms with E-state index in [1.807, 2.05) is 60.7 Å². The number of carbonyl (C=O) groups is 1. The molecule has 1 amide bonds. The zero-order valence-electron chi connectivity index (χ0n) is 16.9. The van der Waals surface area contributed by atoms with E-state index in [2.05, 4.69) is 15.6 Å². The minimum Gasteiger partial charge on any atom is -0.360 e. The van der Waals surface area contributed by atoms with Crippen LogP contribution in [0.15, 0.2) is 78.9 Å². The molecular weight excluding hydrogens is 411 g/mol. The summed E-state index contributed by atoms with van der Waals surface area (Å²) in [5, 5.41) is 17.9. The molecule has 0 saturated heterocycles. The number of fused-ring (bicyclic) bond motifs is 1. The summed E-state index contributed by atoms with van der Waals surface area (Å²) in [6, 6.07) is 22.1. The monoisotopic (exact) mass is 430 g/mol. The summed E-state index contributed by atoms with van der Waals surface area (Å²) >= 11 is 0. The maximum absolute atomic E-state index is 13.9. The molecule has 0 fully saturated rings. The van der Waals surface area contributed by atoms with Crippen molar-refractivity contribution in [2.75, 3.05) is 5.32 Å². The molecule has 0 radical (unpaired) electrons. The van der Waals surface area contributed by atoms with Crippen LogP contribution in [0.25, 0.3) is 10.9 Å². The summed E-state index contributed by atoms with van der Waals surface area (Å²) in [5.74, 6) is -1.28. The Morgan fingerprint density at radius 1 is 0.938 bits per heavy atom. The largest absolute Gasteiger partial charge is 0.360 e. The third-order valence-electron chi connectivity index (χ3n) is 4.93. The SMILES string of the molecule is O=C(NCc1ccccc1)c1c([N+](=O)[O-])c(NCc2ccccc2)nc2cc(F)ccc12. The minimum atomic E-state index is -0.638. The van der Waals surface area contributed by atoms with Crippen LogP contribution in [0.5, 0.6) is 0 Å². The molecule has 0 aliphatic rings. The normalized spacial score (nSPS) is 10.7. The summed E-state index contributed by atoms with van der Waals surface area (Å²) in [7, 11) is 0. The zero-order valence-corrected chi connectivity index (χ0v) is 16.9. The second-order valence-electron chi connectivity index (χ2n) is 7.11. The van der Waals surface area contributed by atoms with Crippen molar-refractivity contribution in [1.82, 2.24) is 10.3 Å². The maximum Gasteiger partial charge on any atom is 0.324 e. The van der Waals surface area contributed by atoms with Crippen LogP contribution in [0.3, 0.4) is 0 Å². The van der Waals surface area contributed by atoms with Gasteiger partial charge in [0.25, 0.3) is 5.91 Å². The molecule has 0 atom stereocenters. The molecule has 0 unspecified atom stereocenters. The van der Waals surface area contributed by atoms with Gasteiger partial charge in [-0.25, -0.2) is 9.37 Å². The number of amides is 1. The third kappa shape index (κ3) is 4.54. The number of carbonyl (C=O) groups excluding carboxylic acids is 1. The number of rotatable bonds is 7. The van der Waals surface area contributed by atoms with Gasteiger partial charge in [-0.1, -0.05) is 60.7 Å². The van der Waals surface area contributed by atoms with Crippen molar-refractivity contribution in [2.24, 2.45) is 0 Å². The Morgan fingerprint density at radius 3 is 2.19 bits per heavy atom. The van der Waals surface area contributed by atoms with Crippen LogP contribution >= 0.6 is 0 Å². The number of nitrogens with one attached hydrogen (secondary N) is 2. The summed E-state index contributed by atoms with van der Waals surface area (Å²) < 4.78 is 13.9. The van der Waals surface area contributed by atoms with Crippen molar-refractivity contribution in [1.29, 1.82) is 0 Å². The van der Waals surface area contributed by atoms with Gasteiger partial charge in [0.1, 0.15) is 11.4 Å². The highest BCUT2D eigenvalue weighted by Crippen LogP contribution is 2.34. The smallest absolute Gasteiger partial charge is 0.324 e. The average Bonchev–Trinajstić information content (AvgIpc) is 2.81. The van der Waals surface area contributed by atoms with Gasteiger partial charge in [-0.3, -0.25) is 14.9 Å². The molecule has 1 heterocycles. The zero-order chi connectivity index (χ0) is 22.5. The number of halogens is 1. The molecule has 0 aliphatic carbocycles. The van der Waals surface area contributed by atoms with Crippen LogP contribution in [-0.2, 0) is 13.1 Å². The first-order valence-electron chi connectivity index (χ1n) is 9.90. The molecule has 0 spiro atoms. The van der Waals surface area contributed by atoms with Crippen LogP contribution in [0.2, 0.25) is 0 Å². The van der Waals surface area contributed by atoms with Crippen molar-refractivity contribution in [2.45, 2.75) is 13.1 Å². The number of nitro groups is 1. The second-order valence-corrected chi connectivity index (χ2v) is 7.11. The van der Waals surface area contributed by atoms with Crippen LogP contribution in [-0.4, -0.2) is 15.8 Å². The number of hydrogen-bond acceptors (Lipinski definition) is 5. The lowest BCUT2D eigenvalue weighted by molar-refractivity contribution is -0.384. The summed E-state index contributed by atoms with van der Waals surface area (Å²) in [6.07, 6.45) is 0. The summed E-state index contributed by atoms with van der Waals surface area (Å²) in [4.78, 5) is 28.7. The number of benzene rings is 3. The van der Waals surface area contributed by atoms with E-state index in [4.69, 9.17) is 0 Å². The van der Waals surface area contributed by atoms with Crippen molar-refractivity contribution in [3.63, 3.8) is 0 Å². The number of pyridine rings is 1. The van der Waals surface area contributed by atoms with E-state index >= 15 is 0 Å². The van der Waals surface area contributed by atoms with Gasteiger partial charge in [0.05, 0.1) is 10.4 Å². The van der Waals surface area contributed by atoms with Crippen molar-refractivity contribution < 1.29 is 14.1 Å². The van der Waals surface area contributed by atoms with Crippen molar-refractivity contribution in [3.05, 3.63) is 111 Å². The van der Waals surface area contributed by atoms with E-state index in [-0.39, 0.29) is 35.4 Å². The van der Waals surface area contributed by atoms with Crippen LogP contribution in [0.1, 0.15) is 21.5 Å². The Hall–Kier alpha value is -4.33. The molecule has 4 aromatic rings. The Balaban J connectivity index is 1.76. The lowest BCUT2D eigenvalue weighted by Gasteiger charge is -2.13. The number of anilines is 1. The number of aromatic nitrogens is 1. The highest BCUT2D eigenvalue weighted by molar-refractivity contribution is 6.11.